The van der Waals surface area contributed by atoms with Crippen molar-refractivity contribution in [3.63, 3.8) is 0 Å². The summed E-state index contributed by atoms with van der Waals surface area (Å²) in [6, 6.07) is 5.60. The van der Waals surface area contributed by atoms with Gasteiger partial charge in [0.05, 0.1) is 0 Å². The molecular formula is C16H24O4. The zero-order valence-electron chi connectivity index (χ0n) is 12.7. The minimum Gasteiger partial charge on any atom is -0.465 e. The van der Waals surface area contributed by atoms with E-state index in [1.807, 2.05) is 45.9 Å². The number of rotatable bonds is 9. The van der Waals surface area contributed by atoms with E-state index in [0.29, 0.717) is 24.7 Å². The Morgan fingerprint density at radius 2 is 1.40 bits per heavy atom. The summed E-state index contributed by atoms with van der Waals surface area (Å²) in [7, 11) is 0. The zero-order valence-corrected chi connectivity index (χ0v) is 12.7. The van der Waals surface area contributed by atoms with Gasteiger partial charge in [-0.15, -0.1) is 0 Å². The highest BCUT2D eigenvalue weighted by molar-refractivity contribution is 5.53. The molecule has 112 valence electrons. The molecule has 0 bridgehead atoms. The van der Waals surface area contributed by atoms with E-state index in [4.69, 9.17) is 18.9 Å². The lowest BCUT2D eigenvalue weighted by Crippen LogP contribution is -2.17. The second kappa shape index (κ2) is 8.61. The van der Waals surface area contributed by atoms with Gasteiger partial charge in [0, 0.05) is 19.3 Å². The quantitative estimate of drug-likeness (QED) is 0.644. The van der Waals surface area contributed by atoms with Gasteiger partial charge in [-0.1, -0.05) is 12.7 Å². The van der Waals surface area contributed by atoms with Gasteiger partial charge in [0.15, 0.2) is 12.6 Å². The lowest BCUT2D eigenvalue weighted by molar-refractivity contribution is -0.0650. The number of ether oxygens (including phenoxy) is 4. The van der Waals surface area contributed by atoms with Gasteiger partial charge in [-0.25, -0.2) is 0 Å². The second-order valence-corrected chi connectivity index (χ2v) is 4.22. The molecule has 20 heavy (non-hydrogen) atoms. The summed E-state index contributed by atoms with van der Waals surface area (Å²) in [6.45, 7) is 12.5. The van der Waals surface area contributed by atoms with Crippen LogP contribution in [0.3, 0.4) is 0 Å². The molecule has 0 saturated heterocycles. The first-order valence-corrected chi connectivity index (χ1v) is 6.93. The van der Waals surface area contributed by atoms with Crippen molar-refractivity contribution in [3.05, 3.63) is 30.3 Å². The first kappa shape index (κ1) is 16.5. The van der Waals surface area contributed by atoms with Crippen molar-refractivity contribution in [2.45, 2.75) is 40.3 Å². The van der Waals surface area contributed by atoms with Gasteiger partial charge in [0.1, 0.15) is 11.5 Å². The first-order valence-electron chi connectivity index (χ1n) is 6.93. The monoisotopic (exact) mass is 280 g/mol. The van der Waals surface area contributed by atoms with Gasteiger partial charge in [-0.3, -0.25) is 0 Å². The molecule has 1 rings (SSSR count). The fraction of sp³-hybridized carbons (Fsp3) is 0.500. The molecule has 0 spiro atoms. The summed E-state index contributed by atoms with van der Waals surface area (Å²) in [5.74, 6) is 1.36. The maximum Gasteiger partial charge on any atom is 0.196 e. The van der Waals surface area contributed by atoms with Crippen LogP contribution in [0.1, 0.15) is 33.3 Å². The molecule has 2 atom stereocenters. The third kappa shape index (κ3) is 5.63. The highest BCUT2D eigenvalue weighted by atomic mass is 16.7. The van der Waals surface area contributed by atoms with Crippen molar-refractivity contribution in [1.29, 1.82) is 0 Å². The maximum absolute atomic E-state index is 5.69. The summed E-state index contributed by atoms with van der Waals surface area (Å²) < 4.78 is 22.1. The smallest absolute Gasteiger partial charge is 0.196 e. The van der Waals surface area contributed by atoms with Gasteiger partial charge in [-0.2, -0.15) is 0 Å². The van der Waals surface area contributed by atoms with E-state index in [1.165, 1.54) is 0 Å². The lowest BCUT2D eigenvalue weighted by Gasteiger charge is -2.18. The maximum atomic E-state index is 5.69. The zero-order chi connectivity index (χ0) is 15.0. The summed E-state index contributed by atoms with van der Waals surface area (Å²) >= 11 is 0. The van der Waals surface area contributed by atoms with Crippen LogP contribution in [0, 0.1) is 0 Å². The topological polar surface area (TPSA) is 36.9 Å². The fourth-order valence-electron chi connectivity index (χ4n) is 1.77. The minimum absolute atomic E-state index is 0.308. The van der Waals surface area contributed by atoms with E-state index >= 15 is 0 Å². The van der Waals surface area contributed by atoms with Crippen molar-refractivity contribution >= 4 is 6.08 Å². The van der Waals surface area contributed by atoms with Crippen LogP contribution in [0.2, 0.25) is 0 Å². The molecule has 0 radical (unpaired) electrons. The molecule has 4 heteroatoms. The molecular weight excluding hydrogens is 256 g/mol. The Kier molecular flexibility index (Phi) is 7.12. The van der Waals surface area contributed by atoms with E-state index in [2.05, 4.69) is 6.58 Å². The third-order valence-corrected chi connectivity index (χ3v) is 2.54. The predicted molar refractivity (Wildman–Crippen MR) is 80.0 cm³/mol. The molecule has 0 heterocycles. The molecule has 2 unspecified atom stereocenters. The SMILES string of the molecule is C=Cc1cc(OC(C)OCC)cc(OC(C)OCC)c1. The average Bonchev–Trinajstić information content (AvgIpc) is 2.38. The molecule has 0 N–H and O–H groups in total. The van der Waals surface area contributed by atoms with E-state index in [-0.39, 0.29) is 12.6 Å². The Hall–Kier alpha value is -1.52. The van der Waals surface area contributed by atoms with Crippen LogP contribution in [0.15, 0.2) is 24.8 Å². The van der Waals surface area contributed by atoms with Crippen molar-refractivity contribution in [1.82, 2.24) is 0 Å². The van der Waals surface area contributed by atoms with E-state index in [1.54, 1.807) is 6.08 Å². The van der Waals surface area contributed by atoms with E-state index in [9.17, 15) is 0 Å². The van der Waals surface area contributed by atoms with Crippen LogP contribution < -0.4 is 9.47 Å². The van der Waals surface area contributed by atoms with Crippen LogP contribution in [0.25, 0.3) is 6.08 Å². The van der Waals surface area contributed by atoms with Crippen LogP contribution in [0.4, 0.5) is 0 Å². The van der Waals surface area contributed by atoms with Gasteiger partial charge >= 0.3 is 0 Å². The molecule has 1 aromatic carbocycles. The van der Waals surface area contributed by atoms with Gasteiger partial charge < -0.3 is 18.9 Å². The molecule has 1 aromatic rings. The molecule has 0 aromatic heterocycles. The molecule has 4 nitrogen and oxygen atoms in total. The molecule has 0 saturated carbocycles. The average molecular weight is 280 g/mol. The molecule has 0 fully saturated rings. The first-order chi connectivity index (χ1) is 9.58. The number of hydrogen-bond donors (Lipinski definition) is 0. The summed E-state index contributed by atoms with van der Waals surface area (Å²) in [6.07, 6.45) is 1.13. The highest BCUT2D eigenvalue weighted by Gasteiger charge is 2.08. The molecule has 0 aliphatic carbocycles. The van der Waals surface area contributed by atoms with Crippen molar-refractivity contribution in [2.24, 2.45) is 0 Å². The largest absolute Gasteiger partial charge is 0.465 e. The Balaban J connectivity index is 2.82. The van der Waals surface area contributed by atoms with Crippen molar-refractivity contribution in [2.75, 3.05) is 13.2 Å². The van der Waals surface area contributed by atoms with Gasteiger partial charge in [0.25, 0.3) is 0 Å². The van der Waals surface area contributed by atoms with E-state index < -0.39 is 0 Å². The van der Waals surface area contributed by atoms with Gasteiger partial charge in [-0.05, 0) is 45.4 Å². The Labute approximate surface area is 121 Å². The number of hydrogen-bond acceptors (Lipinski definition) is 4. The Morgan fingerprint density at radius 1 is 0.950 bits per heavy atom. The fourth-order valence-corrected chi connectivity index (χ4v) is 1.77. The highest BCUT2D eigenvalue weighted by Crippen LogP contribution is 2.25. The van der Waals surface area contributed by atoms with Crippen molar-refractivity contribution < 1.29 is 18.9 Å². The molecule has 0 aliphatic heterocycles. The second-order valence-electron chi connectivity index (χ2n) is 4.22. The van der Waals surface area contributed by atoms with Crippen LogP contribution in [-0.4, -0.2) is 25.8 Å². The normalized spacial score (nSPS) is 13.6. The summed E-state index contributed by atoms with van der Waals surface area (Å²) in [5, 5.41) is 0. The Morgan fingerprint density at radius 3 is 1.75 bits per heavy atom. The summed E-state index contributed by atoms with van der Waals surface area (Å²) in [5.41, 5.74) is 0.921. The van der Waals surface area contributed by atoms with Crippen LogP contribution >= 0.6 is 0 Å². The third-order valence-electron chi connectivity index (χ3n) is 2.54. The molecule has 0 aliphatic rings. The minimum atomic E-state index is -0.308. The summed E-state index contributed by atoms with van der Waals surface area (Å²) in [4.78, 5) is 0. The Bertz CT molecular complexity index is 385. The van der Waals surface area contributed by atoms with Crippen LogP contribution in [-0.2, 0) is 9.47 Å². The van der Waals surface area contributed by atoms with Crippen molar-refractivity contribution in [3.8, 4) is 11.5 Å². The lowest BCUT2D eigenvalue weighted by atomic mass is 10.2. The van der Waals surface area contributed by atoms with Crippen LogP contribution in [0.5, 0.6) is 11.5 Å². The van der Waals surface area contributed by atoms with Gasteiger partial charge in [0.2, 0.25) is 0 Å². The predicted octanol–water partition coefficient (Wildman–Crippen LogP) is 3.85. The molecule has 0 amide bonds. The van der Waals surface area contributed by atoms with E-state index in [0.717, 1.165) is 5.56 Å². The number of benzene rings is 1. The standard InChI is InChI=1S/C16H24O4/c1-6-14-9-15(19-12(4)17-7-2)11-16(10-14)20-13(5)18-8-3/h6,9-13H,1,7-8H2,2-5H3.